The lowest BCUT2D eigenvalue weighted by molar-refractivity contribution is 0.344. The monoisotopic (exact) mass is 281 g/mol. The van der Waals surface area contributed by atoms with Gasteiger partial charge in [-0.1, -0.05) is 26.7 Å². The molecule has 0 bridgehead atoms. The molecule has 1 rings (SSSR count). The number of hydrogen-bond acceptors (Lipinski definition) is 4. The van der Waals surface area contributed by atoms with Gasteiger partial charge in [0.1, 0.15) is 5.75 Å². The molecule has 0 spiro atoms. The lowest BCUT2D eigenvalue weighted by atomic mass is 9.99. The second kappa shape index (κ2) is 8.69. The van der Waals surface area contributed by atoms with Crippen molar-refractivity contribution in [2.24, 2.45) is 0 Å². The highest BCUT2D eigenvalue weighted by Gasteiger charge is 2.19. The van der Waals surface area contributed by atoms with E-state index in [2.05, 4.69) is 19.2 Å². The Morgan fingerprint density at radius 1 is 0.950 bits per heavy atom. The molecule has 1 aromatic rings. The average Bonchev–Trinajstić information content (AvgIpc) is 2.50. The van der Waals surface area contributed by atoms with Crippen LogP contribution in [0.1, 0.15) is 44.7 Å². The van der Waals surface area contributed by atoms with Crippen molar-refractivity contribution in [3.63, 3.8) is 0 Å². The first-order valence-corrected chi connectivity index (χ1v) is 7.25. The van der Waals surface area contributed by atoms with Crippen LogP contribution in [0.25, 0.3) is 0 Å². The highest BCUT2D eigenvalue weighted by molar-refractivity contribution is 5.51. The molecule has 4 nitrogen and oxygen atoms in total. The summed E-state index contributed by atoms with van der Waals surface area (Å²) in [4.78, 5) is 0. The molecule has 1 unspecified atom stereocenters. The third-order valence-corrected chi connectivity index (χ3v) is 3.41. The van der Waals surface area contributed by atoms with Gasteiger partial charge in [0.05, 0.1) is 21.3 Å². The van der Waals surface area contributed by atoms with Gasteiger partial charge in [-0.2, -0.15) is 0 Å². The fourth-order valence-corrected chi connectivity index (χ4v) is 2.35. The van der Waals surface area contributed by atoms with Crippen molar-refractivity contribution >= 4 is 0 Å². The van der Waals surface area contributed by atoms with Crippen LogP contribution in [0.15, 0.2) is 12.1 Å². The van der Waals surface area contributed by atoms with E-state index in [-0.39, 0.29) is 6.04 Å². The molecule has 0 amide bonds. The minimum atomic E-state index is 0.273. The van der Waals surface area contributed by atoms with Crippen LogP contribution in [0, 0.1) is 0 Å². The molecule has 0 aliphatic carbocycles. The molecule has 0 radical (unpaired) electrons. The lowest BCUT2D eigenvalue weighted by Crippen LogP contribution is -2.21. The van der Waals surface area contributed by atoms with Crippen molar-refractivity contribution in [3.8, 4) is 17.2 Å². The molecule has 4 heteroatoms. The fourth-order valence-electron chi connectivity index (χ4n) is 2.35. The molecule has 114 valence electrons. The van der Waals surface area contributed by atoms with Crippen molar-refractivity contribution in [2.75, 3.05) is 27.9 Å². The summed E-state index contributed by atoms with van der Waals surface area (Å²) >= 11 is 0. The summed E-state index contributed by atoms with van der Waals surface area (Å²) in [5.41, 5.74) is 1.13. The van der Waals surface area contributed by atoms with Gasteiger partial charge in [-0.15, -0.1) is 0 Å². The zero-order valence-corrected chi connectivity index (χ0v) is 13.3. The number of nitrogens with one attached hydrogen (secondary N) is 1. The third kappa shape index (κ3) is 4.04. The number of benzene rings is 1. The summed E-state index contributed by atoms with van der Waals surface area (Å²) in [5.74, 6) is 2.27. The first-order valence-electron chi connectivity index (χ1n) is 7.25. The molecule has 1 atom stereocenters. The summed E-state index contributed by atoms with van der Waals surface area (Å²) in [6.45, 7) is 5.24. The van der Waals surface area contributed by atoms with Crippen LogP contribution in [0.3, 0.4) is 0 Å². The van der Waals surface area contributed by atoms with Gasteiger partial charge < -0.3 is 19.5 Å². The van der Waals surface area contributed by atoms with Crippen molar-refractivity contribution in [1.82, 2.24) is 5.32 Å². The number of rotatable bonds is 9. The Labute approximate surface area is 122 Å². The standard InChI is InChI=1S/C16H27NO3/c1-6-8-9-13(17-7-2)12-10-15(19-4)16(20-5)11-14(12)18-3/h10-11,13,17H,6-9H2,1-5H3. The molecule has 1 N–H and O–H groups in total. The van der Waals surface area contributed by atoms with Crippen LogP contribution in [0.2, 0.25) is 0 Å². The summed E-state index contributed by atoms with van der Waals surface area (Å²) in [6, 6.07) is 4.18. The normalized spacial score (nSPS) is 12.1. The highest BCUT2D eigenvalue weighted by Crippen LogP contribution is 2.38. The minimum absolute atomic E-state index is 0.273. The molecule has 0 heterocycles. The third-order valence-electron chi connectivity index (χ3n) is 3.41. The van der Waals surface area contributed by atoms with E-state index in [0.29, 0.717) is 5.75 Å². The van der Waals surface area contributed by atoms with E-state index in [4.69, 9.17) is 14.2 Å². The zero-order chi connectivity index (χ0) is 15.0. The van der Waals surface area contributed by atoms with E-state index in [1.807, 2.05) is 12.1 Å². The smallest absolute Gasteiger partial charge is 0.164 e. The first-order chi connectivity index (χ1) is 9.71. The van der Waals surface area contributed by atoms with Gasteiger partial charge >= 0.3 is 0 Å². The molecule has 0 saturated heterocycles. The lowest BCUT2D eigenvalue weighted by Gasteiger charge is -2.22. The maximum absolute atomic E-state index is 5.52. The Hall–Kier alpha value is -1.42. The highest BCUT2D eigenvalue weighted by atomic mass is 16.5. The van der Waals surface area contributed by atoms with E-state index in [1.165, 1.54) is 12.8 Å². The van der Waals surface area contributed by atoms with Crippen LogP contribution in [-0.2, 0) is 0 Å². The van der Waals surface area contributed by atoms with Gasteiger partial charge in [0.15, 0.2) is 11.5 Å². The van der Waals surface area contributed by atoms with Crippen LogP contribution >= 0.6 is 0 Å². The zero-order valence-electron chi connectivity index (χ0n) is 13.3. The summed E-state index contributed by atoms with van der Waals surface area (Å²) in [7, 11) is 4.98. The maximum atomic E-state index is 5.52. The Balaban J connectivity index is 3.16. The molecule has 0 aliphatic rings. The van der Waals surface area contributed by atoms with E-state index in [0.717, 1.165) is 30.0 Å². The van der Waals surface area contributed by atoms with Gasteiger partial charge in [-0.05, 0) is 19.0 Å². The quantitative estimate of drug-likeness (QED) is 0.751. The van der Waals surface area contributed by atoms with Gasteiger partial charge in [0.25, 0.3) is 0 Å². The average molecular weight is 281 g/mol. The summed E-state index contributed by atoms with van der Waals surface area (Å²) < 4.78 is 16.2. The number of hydrogen-bond donors (Lipinski definition) is 1. The largest absolute Gasteiger partial charge is 0.496 e. The molecular weight excluding hydrogens is 254 g/mol. The van der Waals surface area contributed by atoms with Crippen molar-refractivity contribution in [3.05, 3.63) is 17.7 Å². The molecule has 1 aromatic carbocycles. The van der Waals surface area contributed by atoms with Crippen molar-refractivity contribution in [2.45, 2.75) is 39.2 Å². The van der Waals surface area contributed by atoms with Crippen LogP contribution in [0.4, 0.5) is 0 Å². The first kappa shape index (κ1) is 16.6. The topological polar surface area (TPSA) is 39.7 Å². The fraction of sp³-hybridized carbons (Fsp3) is 0.625. The Morgan fingerprint density at radius 2 is 1.55 bits per heavy atom. The number of unbranched alkanes of at least 4 members (excludes halogenated alkanes) is 1. The van der Waals surface area contributed by atoms with E-state index >= 15 is 0 Å². The van der Waals surface area contributed by atoms with Gasteiger partial charge in [0.2, 0.25) is 0 Å². The molecule has 0 saturated carbocycles. The summed E-state index contributed by atoms with van der Waals surface area (Å²) in [6.07, 6.45) is 3.43. The van der Waals surface area contributed by atoms with Gasteiger partial charge in [-0.25, -0.2) is 0 Å². The Morgan fingerprint density at radius 3 is 2.05 bits per heavy atom. The van der Waals surface area contributed by atoms with Crippen LogP contribution in [-0.4, -0.2) is 27.9 Å². The second-order valence-electron chi connectivity index (χ2n) is 4.70. The van der Waals surface area contributed by atoms with Crippen LogP contribution < -0.4 is 19.5 Å². The predicted molar refractivity (Wildman–Crippen MR) is 82.0 cm³/mol. The Kier molecular flexibility index (Phi) is 7.23. The van der Waals surface area contributed by atoms with Crippen molar-refractivity contribution in [1.29, 1.82) is 0 Å². The molecule has 0 aliphatic heterocycles. The molecule has 0 aromatic heterocycles. The van der Waals surface area contributed by atoms with E-state index in [1.54, 1.807) is 21.3 Å². The minimum Gasteiger partial charge on any atom is -0.496 e. The number of ether oxygens (including phenoxy) is 3. The Bertz CT molecular complexity index is 407. The second-order valence-corrected chi connectivity index (χ2v) is 4.70. The van der Waals surface area contributed by atoms with Crippen LogP contribution in [0.5, 0.6) is 17.2 Å². The summed E-state index contributed by atoms with van der Waals surface area (Å²) in [5, 5.41) is 3.52. The molecule has 20 heavy (non-hydrogen) atoms. The van der Waals surface area contributed by atoms with E-state index in [9.17, 15) is 0 Å². The SMILES string of the molecule is CCCCC(NCC)c1cc(OC)c(OC)cc1OC. The molecular formula is C16H27NO3. The molecule has 0 fully saturated rings. The predicted octanol–water partition coefficient (Wildman–Crippen LogP) is 3.55. The van der Waals surface area contributed by atoms with Crippen molar-refractivity contribution < 1.29 is 14.2 Å². The number of methoxy groups -OCH3 is 3. The van der Waals surface area contributed by atoms with Gasteiger partial charge in [-0.3, -0.25) is 0 Å². The van der Waals surface area contributed by atoms with Gasteiger partial charge in [0, 0.05) is 17.7 Å². The maximum Gasteiger partial charge on any atom is 0.164 e. The van der Waals surface area contributed by atoms with E-state index < -0.39 is 0 Å².